The second kappa shape index (κ2) is 8.93. The van der Waals surface area contributed by atoms with E-state index in [0.29, 0.717) is 5.41 Å². The van der Waals surface area contributed by atoms with E-state index in [1.54, 1.807) is 0 Å². The van der Waals surface area contributed by atoms with E-state index < -0.39 is 0 Å². The number of hydrogen-bond donors (Lipinski definition) is 1. The van der Waals surface area contributed by atoms with Crippen molar-refractivity contribution in [3.05, 3.63) is 0 Å². The van der Waals surface area contributed by atoms with E-state index in [2.05, 4.69) is 38.0 Å². The Morgan fingerprint density at radius 2 is 1.95 bits per heavy atom. The zero-order chi connectivity index (χ0) is 14.1. The van der Waals surface area contributed by atoms with Crippen LogP contribution in [-0.2, 0) is 4.74 Å². The molecule has 1 aliphatic carbocycles. The summed E-state index contributed by atoms with van der Waals surface area (Å²) in [6, 6.07) is 0. The van der Waals surface area contributed by atoms with Crippen LogP contribution in [0, 0.1) is 11.3 Å². The number of likely N-dealkylation sites (N-methyl/N-ethyl adjacent to an activating group) is 1. The molecule has 1 saturated carbocycles. The Labute approximate surface area is 120 Å². The maximum Gasteiger partial charge on any atom is 0.0593 e. The van der Waals surface area contributed by atoms with Gasteiger partial charge in [-0.1, -0.05) is 26.7 Å². The first-order valence-electron chi connectivity index (χ1n) is 8.10. The molecule has 19 heavy (non-hydrogen) atoms. The smallest absolute Gasteiger partial charge is 0.0593 e. The molecule has 0 spiro atoms. The van der Waals surface area contributed by atoms with E-state index >= 15 is 0 Å². The number of nitrogens with zero attached hydrogens (tertiary/aromatic N) is 1. The number of nitrogens with one attached hydrogen (secondary N) is 1. The van der Waals surface area contributed by atoms with Gasteiger partial charge in [0.25, 0.3) is 0 Å². The predicted molar refractivity (Wildman–Crippen MR) is 82.6 cm³/mol. The van der Waals surface area contributed by atoms with Crippen LogP contribution in [-0.4, -0.2) is 51.3 Å². The van der Waals surface area contributed by atoms with Gasteiger partial charge < -0.3 is 15.0 Å². The lowest BCUT2D eigenvalue weighted by molar-refractivity contribution is 0.0634. The van der Waals surface area contributed by atoms with Crippen molar-refractivity contribution in [2.24, 2.45) is 11.3 Å². The first kappa shape index (κ1) is 16.9. The average Bonchev–Trinajstić information content (AvgIpc) is 2.42. The monoisotopic (exact) mass is 270 g/mol. The van der Waals surface area contributed by atoms with Crippen molar-refractivity contribution in [1.82, 2.24) is 10.2 Å². The zero-order valence-corrected chi connectivity index (χ0v) is 13.5. The van der Waals surface area contributed by atoms with Gasteiger partial charge in [-0.25, -0.2) is 0 Å². The second-order valence-corrected chi connectivity index (χ2v) is 6.28. The Hall–Kier alpha value is -0.120. The Balaban J connectivity index is 2.50. The Morgan fingerprint density at radius 1 is 1.26 bits per heavy atom. The molecule has 114 valence electrons. The summed E-state index contributed by atoms with van der Waals surface area (Å²) >= 11 is 0. The van der Waals surface area contributed by atoms with Gasteiger partial charge in [0.1, 0.15) is 0 Å². The third-order valence-corrected chi connectivity index (χ3v) is 4.65. The minimum atomic E-state index is 0.490. The van der Waals surface area contributed by atoms with Gasteiger partial charge in [-0.15, -0.1) is 0 Å². The van der Waals surface area contributed by atoms with E-state index in [4.69, 9.17) is 4.74 Å². The van der Waals surface area contributed by atoms with Gasteiger partial charge in [-0.3, -0.25) is 0 Å². The quantitative estimate of drug-likeness (QED) is 0.652. The molecule has 0 aliphatic heterocycles. The first-order valence-corrected chi connectivity index (χ1v) is 8.10. The molecule has 0 atom stereocenters. The van der Waals surface area contributed by atoms with Crippen LogP contribution in [0.5, 0.6) is 0 Å². The summed E-state index contributed by atoms with van der Waals surface area (Å²) in [5, 5.41) is 3.43. The Morgan fingerprint density at radius 3 is 2.47 bits per heavy atom. The summed E-state index contributed by atoms with van der Waals surface area (Å²) in [6.07, 6.45) is 5.54. The van der Waals surface area contributed by atoms with Crippen LogP contribution in [0.1, 0.15) is 46.5 Å². The molecule has 3 nitrogen and oxygen atoms in total. The van der Waals surface area contributed by atoms with E-state index in [1.807, 2.05) is 0 Å². The highest BCUT2D eigenvalue weighted by molar-refractivity contribution is 4.89. The van der Waals surface area contributed by atoms with Crippen molar-refractivity contribution in [3.63, 3.8) is 0 Å². The molecule has 0 aromatic heterocycles. The van der Waals surface area contributed by atoms with Gasteiger partial charge in [0.15, 0.2) is 0 Å². The van der Waals surface area contributed by atoms with Crippen LogP contribution in [0.2, 0.25) is 0 Å². The van der Waals surface area contributed by atoms with Crippen LogP contribution in [0.4, 0.5) is 0 Å². The van der Waals surface area contributed by atoms with Crippen molar-refractivity contribution in [3.8, 4) is 0 Å². The van der Waals surface area contributed by atoms with Gasteiger partial charge in [0, 0.05) is 26.2 Å². The highest BCUT2D eigenvalue weighted by Crippen LogP contribution is 2.39. The molecule has 0 amide bonds. The third-order valence-electron chi connectivity index (χ3n) is 4.65. The van der Waals surface area contributed by atoms with E-state index in [0.717, 1.165) is 38.8 Å². The molecule has 1 fully saturated rings. The van der Waals surface area contributed by atoms with Gasteiger partial charge >= 0.3 is 0 Å². The summed E-state index contributed by atoms with van der Waals surface area (Å²) < 4.78 is 5.51. The van der Waals surface area contributed by atoms with Crippen molar-refractivity contribution < 1.29 is 4.74 Å². The zero-order valence-electron chi connectivity index (χ0n) is 13.5. The minimum absolute atomic E-state index is 0.490. The summed E-state index contributed by atoms with van der Waals surface area (Å²) in [6.45, 7) is 13.0. The topological polar surface area (TPSA) is 24.5 Å². The van der Waals surface area contributed by atoms with Crippen molar-refractivity contribution in [2.75, 3.05) is 46.4 Å². The van der Waals surface area contributed by atoms with Gasteiger partial charge in [0.2, 0.25) is 0 Å². The number of ether oxygens (including phenoxy) is 1. The maximum atomic E-state index is 5.51. The van der Waals surface area contributed by atoms with Crippen LogP contribution in [0.15, 0.2) is 0 Å². The molecule has 0 aromatic carbocycles. The molecule has 0 saturated heterocycles. The molecule has 1 aliphatic rings. The molecule has 0 radical (unpaired) electrons. The predicted octanol–water partition coefficient (Wildman–Crippen LogP) is 2.76. The first-order chi connectivity index (χ1) is 9.15. The highest BCUT2D eigenvalue weighted by atomic mass is 16.5. The second-order valence-electron chi connectivity index (χ2n) is 6.28. The molecule has 0 unspecified atom stereocenters. The van der Waals surface area contributed by atoms with Gasteiger partial charge in [-0.05, 0) is 44.7 Å². The number of hydrogen-bond acceptors (Lipinski definition) is 3. The Bertz CT molecular complexity index is 225. The lowest BCUT2D eigenvalue weighted by Crippen LogP contribution is -2.46. The largest absolute Gasteiger partial charge is 0.380 e. The van der Waals surface area contributed by atoms with Crippen molar-refractivity contribution in [1.29, 1.82) is 0 Å². The molecular formula is C16H34N2O. The molecule has 0 bridgehead atoms. The third kappa shape index (κ3) is 5.80. The number of rotatable bonds is 9. The van der Waals surface area contributed by atoms with Gasteiger partial charge in [-0.2, -0.15) is 0 Å². The molecule has 1 N–H and O–H groups in total. The lowest BCUT2D eigenvalue weighted by Gasteiger charge is -2.42. The van der Waals surface area contributed by atoms with E-state index in [1.165, 1.54) is 32.2 Å². The van der Waals surface area contributed by atoms with E-state index in [-0.39, 0.29) is 0 Å². The standard InChI is InChI=1S/C16H34N2O/c1-5-18(11-12-19-6-2)14-16(13-17-4)9-7-15(3)8-10-16/h15,17H,5-14H2,1-4H3. The Kier molecular flexibility index (Phi) is 7.96. The minimum Gasteiger partial charge on any atom is -0.380 e. The average molecular weight is 270 g/mol. The lowest BCUT2D eigenvalue weighted by atomic mass is 9.70. The maximum absolute atomic E-state index is 5.51. The summed E-state index contributed by atoms with van der Waals surface area (Å²) in [5.74, 6) is 0.920. The van der Waals surface area contributed by atoms with Crippen LogP contribution >= 0.6 is 0 Å². The molecule has 0 heterocycles. The van der Waals surface area contributed by atoms with Crippen LogP contribution in [0.25, 0.3) is 0 Å². The fraction of sp³-hybridized carbons (Fsp3) is 1.00. The fourth-order valence-electron chi connectivity index (χ4n) is 3.30. The molecule has 3 heteroatoms. The van der Waals surface area contributed by atoms with Crippen LogP contribution < -0.4 is 5.32 Å². The van der Waals surface area contributed by atoms with E-state index in [9.17, 15) is 0 Å². The molecular weight excluding hydrogens is 236 g/mol. The summed E-state index contributed by atoms with van der Waals surface area (Å²) in [4.78, 5) is 2.57. The van der Waals surface area contributed by atoms with Crippen molar-refractivity contribution in [2.45, 2.75) is 46.5 Å². The van der Waals surface area contributed by atoms with Gasteiger partial charge in [0.05, 0.1) is 6.61 Å². The fourth-order valence-corrected chi connectivity index (χ4v) is 3.30. The molecule has 1 rings (SSSR count). The van der Waals surface area contributed by atoms with Crippen LogP contribution in [0.3, 0.4) is 0 Å². The summed E-state index contributed by atoms with van der Waals surface area (Å²) in [5.41, 5.74) is 0.490. The highest BCUT2D eigenvalue weighted by Gasteiger charge is 2.34. The normalized spacial score (nSPS) is 27.9. The summed E-state index contributed by atoms with van der Waals surface area (Å²) in [7, 11) is 2.09. The SMILES string of the molecule is CCOCCN(CC)CC1(CNC)CCC(C)CC1. The van der Waals surface area contributed by atoms with Crippen molar-refractivity contribution >= 4 is 0 Å². The molecule has 0 aromatic rings.